The number of aromatic nitrogens is 5. The Morgan fingerprint density at radius 3 is 2.83 bits per heavy atom. The Balaban J connectivity index is 1.46. The van der Waals surface area contributed by atoms with E-state index in [1.54, 1.807) is 23.3 Å². The third-order valence-electron chi connectivity index (χ3n) is 6.18. The van der Waals surface area contributed by atoms with Crippen LogP contribution in [0.15, 0.2) is 55.0 Å². The van der Waals surface area contributed by atoms with E-state index in [-0.39, 0.29) is 12.5 Å². The number of benzene rings is 1. The lowest BCUT2D eigenvalue weighted by molar-refractivity contribution is 0.270. The number of hydrogen-bond donors (Lipinski definition) is 2. The van der Waals surface area contributed by atoms with Crippen LogP contribution in [-0.2, 0) is 13.5 Å². The van der Waals surface area contributed by atoms with Crippen LogP contribution in [0.5, 0.6) is 0 Å². The fraction of sp³-hybridized carbons (Fsp3) is 0.240. The van der Waals surface area contributed by atoms with Gasteiger partial charge in [-0.05, 0) is 41.8 Å². The zero-order valence-corrected chi connectivity index (χ0v) is 19.8. The molecule has 0 radical (unpaired) electrons. The van der Waals surface area contributed by atoms with Crippen LogP contribution in [0.3, 0.4) is 0 Å². The number of aryl methyl sites for hydroxylation is 1. The molecule has 4 heterocycles. The molecule has 3 aromatic heterocycles. The first-order valence-corrected chi connectivity index (χ1v) is 11.6. The Kier molecular flexibility index (Phi) is 6.31. The third kappa shape index (κ3) is 4.54. The van der Waals surface area contributed by atoms with E-state index in [0.717, 1.165) is 28.2 Å². The minimum absolute atomic E-state index is 0.0114. The number of hydrogen-bond acceptors (Lipinski definition) is 8. The van der Waals surface area contributed by atoms with E-state index in [1.165, 1.54) is 0 Å². The number of nitrogens with zero attached hydrogens (tertiary/aromatic N) is 7. The van der Waals surface area contributed by atoms with Gasteiger partial charge in [0.25, 0.3) is 0 Å². The lowest BCUT2D eigenvalue weighted by Crippen LogP contribution is -2.26. The van der Waals surface area contributed by atoms with E-state index in [9.17, 15) is 10.4 Å². The number of rotatable bonds is 7. The smallest absolute Gasteiger partial charge is 0.228 e. The van der Waals surface area contributed by atoms with Crippen molar-refractivity contribution in [2.24, 2.45) is 7.05 Å². The molecule has 1 atom stereocenters. The number of anilines is 3. The molecular formula is C25H23ClN8O. The highest BCUT2D eigenvalue weighted by Gasteiger charge is 2.31. The topological polar surface area (TPSA) is 116 Å². The summed E-state index contributed by atoms with van der Waals surface area (Å²) in [5, 5.41) is 27.9. The first kappa shape index (κ1) is 22.8. The molecule has 35 heavy (non-hydrogen) atoms. The second-order valence-electron chi connectivity index (χ2n) is 8.33. The largest absolute Gasteiger partial charge is 0.396 e. The maximum absolute atomic E-state index is 10.1. The van der Waals surface area contributed by atoms with Gasteiger partial charge in [0.15, 0.2) is 0 Å². The van der Waals surface area contributed by atoms with Crippen LogP contribution >= 0.6 is 11.6 Å². The summed E-state index contributed by atoms with van der Waals surface area (Å²) in [6.45, 7) is 1.27. The van der Waals surface area contributed by atoms with Crippen molar-refractivity contribution >= 4 is 29.1 Å². The quantitative estimate of drug-likeness (QED) is 0.380. The maximum atomic E-state index is 10.1. The summed E-state index contributed by atoms with van der Waals surface area (Å²) in [6, 6.07) is 13.7. The predicted octanol–water partition coefficient (Wildman–Crippen LogP) is 3.68. The molecule has 0 bridgehead atoms. The Morgan fingerprint density at radius 2 is 2.09 bits per heavy atom. The maximum Gasteiger partial charge on any atom is 0.228 e. The molecule has 0 aliphatic carbocycles. The molecule has 0 saturated carbocycles. The highest BCUT2D eigenvalue weighted by molar-refractivity contribution is 6.30. The van der Waals surface area contributed by atoms with E-state index >= 15 is 0 Å². The highest BCUT2D eigenvalue weighted by Crippen LogP contribution is 2.41. The van der Waals surface area contributed by atoms with Crippen molar-refractivity contribution in [3.8, 4) is 17.3 Å². The molecule has 10 heteroatoms. The minimum atomic E-state index is -0.102. The Labute approximate surface area is 207 Å². The molecule has 0 fully saturated rings. The number of aliphatic hydroxyl groups excluding tert-OH is 1. The highest BCUT2D eigenvalue weighted by atomic mass is 35.5. The summed E-state index contributed by atoms with van der Waals surface area (Å²) in [5.41, 5.74) is 4.78. The van der Waals surface area contributed by atoms with E-state index in [2.05, 4.69) is 36.3 Å². The fourth-order valence-corrected chi connectivity index (χ4v) is 4.63. The van der Waals surface area contributed by atoms with Crippen LogP contribution in [0, 0.1) is 11.3 Å². The minimum Gasteiger partial charge on any atom is -0.396 e. The first-order chi connectivity index (χ1) is 17.1. The Bertz CT molecular complexity index is 1410. The Hall–Kier alpha value is -4.00. The molecule has 176 valence electrons. The van der Waals surface area contributed by atoms with Crippen molar-refractivity contribution in [1.82, 2.24) is 24.7 Å². The molecule has 5 rings (SSSR count). The zero-order valence-electron chi connectivity index (χ0n) is 19.1. The number of aliphatic hydroxyl groups is 1. The summed E-state index contributed by atoms with van der Waals surface area (Å²) in [6.07, 6.45) is 5.72. The average molecular weight is 487 g/mol. The van der Waals surface area contributed by atoms with Crippen molar-refractivity contribution in [1.29, 1.82) is 5.26 Å². The molecule has 1 aliphatic heterocycles. The van der Waals surface area contributed by atoms with Gasteiger partial charge in [0.1, 0.15) is 17.0 Å². The van der Waals surface area contributed by atoms with E-state index in [0.29, 0.717) is 41.9 Å². The van der Waals surface area contributed by atoms with Crippen molar-refractivity contribution in [3.63, 3.8) is 0 Å². The van der Waals surface area contributed by atoms with Gasteiger partial charge in [-0.2, -0.15) is 10.4 Å². The zero-order chi connectivity index (χ0) is 24.4. The molecule has 0 amide bonds. The summed E-state index contributed by atoms with van der Waals surface area (Å²) in [5.74, 6) is 1.09. The monoisotopic (exact) mass is 486 g/mol. The SMILES string of the molecule is Cn1nccc1Nc1nccc(-c2cc(C#N)c3c(c2)C(CO)CN3CCc2cccnc2Cl)n1. The van der Waals surface area contributed by atoms with Gasteiger partial charge < -0.3 is 15.3 Å². The molecule has 1 unspecified atom stereocenters. The van der Waals surface area contributed by atoms with Crippen LogP contribution in [-0.4, -0.2) is 49.5 Å². The second kappa shape index (κ2) is 9.70. The van der Waals surface area contributed by atoms with Crippen molar-refractivity contribution in [3.05, 3.63) is 76.8 Å². The lowest BCUT2D eigenvalue weighted by atomic mass is 9.96. The van der Waals surface area contributed by atoms with Crippen LogP contribution in [0.25, 0.3) is 11.3 Å². The van der Waals surface area contributed by atoms with Gasteiger partial charge in [0.2, 0.25) is 5.95 Å². The molecular weight excluding hydrogens is 464 g/mol. The Morgan fingerprint density at radius 1 is 1.20 bits per heavy atom. The number of halogens is 1. The molecule has 1 aliphatic rings. The third-order valence-corrected chi connectivity index (χ3v) is 6.52. The fourth-order valence-electron chi connectivity index (χ4n) is 4.42. The average Bonchev–Trinajstić information content (AvgIpc) is 3.45. The van der Waals surface area contributed by atoms with Gasteiger partial charge in [-0.15, -0.1) is 0 Å². The molecule has 4 aromatic rings. The number of pyridine rings is 1. The first-order valence-electron chi connectivity index (χ1n) is 11.2. The van der Waals surface area contributed by atoms with Crippen molar-refractivity contribution in [2.75, 3.05) is 29.9 Å². The lowest BCUT2D eigenvalue weighted by Gasteiger charge is -2.21. The van der Waals surface area contributed by atoms with Gasteiger partial charge in [-0.1, -0.05) is 17.7 Å². The number of fused-ring (bicyclic) bond motifs is 1. The summed E-state index contributed by atoms with van der Waals surface area (Å²) in [7, 11) is 1.83. The van der Waals surface area contributed by atoms with Gasteiger partial charge in [0.05, 0.1) is 29.7 Å². The van der Waals surface area contributed by atoms with Crippen molar-refractivity contribution in [2.45, 2.75) is 12.3 Å². The van der Waals surface area contributed by atoms with Crippen LogP contribution in [0.2, 0.25) is 5.15 Å². The van der Waals surface area contributed by atoms with Crippen LogP contribution in [0.4, 0.5) is 17.5 Å². The molecule has 0 spiro atoms. The van der Waals surface area contributed by atoms with Crippen LogP contribution in [0.1, 0.15) is 22.6 Å². The second-order valence-corrected chi connectivity index (χ2v) is 8.69. The number of nitriles is 1. The predicted molar refractivity (Wildman–Crippen MR) is 134 cm³/mol. The van der Waals surface area contributed by atoms with Gasteiger partial charge in [-0.25, -0.2) is 15.0 Å². The molecule has 2 N–H and O–H groups in total. The normalized spacial score (nSPS) is 14.6. The molecule has 9 nitrogen and oxygen atoms in total. The van der Waals surface area contributed by atoms with Crippen molar-refractivity contribution < 1.29 is 5.11 Å². The van der Waals surface area contributed by atoms with E-state index in [1.807, 2.05) is 43.4 Å². The summed E-state index contributed by atoms with van der Waals surface area (Å²) < 4.78 is 1.69. The van der Waals surface area contributed by atoms with Gasteiger partial charge in [-0.3, -0.25) is 4.68 Å². The summed E-state index contributed by atoms with van der Waals surface area (Å²) in [4.78, 5) is 15.2. The summed E-state index contributed by atoms with van der Waals surface area (Å²) >= 11 is 6.24. The number of nitrogens with one attached hydrogen (secondary N) is 1. The van der Waals surface area contributed by atoms with E-state index in [4.69, 9.17) is 11.6 Å². The van der Waals surface area contributed by atoms with Crippen LogP contribution < -0.4 is 10.2 Å². The molecule has 1 aromatic carbocycles. The standard InChI is InChI=1S/C25H23ClN8O/c1-33-22(5-9-30-33)32-25-29-8-4-21(31-25)17-11-18(13-27)23-20(12-17)19(15-35)14-34(23)10-6-16-3-2-7-28-24(16)26/h2-5,7-9,11-12,19,35H,6,10,14-15H2,1H3,(H,29,31,32). The molecule has 0 saturated heterocycles. The van der Waals surface area contributed by atoms with Gasteiger partial charge >= 0.3 is 0 Å². The van der Waals surface area contributed by atoms with Gasteiger partial charge in [0, 0.05) is 50.1 Å². The van der Waals surface area contributed by atoms with E-state index < -0.39 is 0 Å².